The van der Waals surface area contributed by atoms with E-state index in [1.165, 1.54) is 37.5 Å². The number of carbonyl (C=O) groups is 2. The standard InChI is InChI=1S/C31H32N4O7S/c1-17-8-7-9-27-29(17)33-31(43-27)32-28(37)16-42-24-12-19(10-11-23(24)38-3)22-15-21(34-35(22)18(2)36)20-13-25(39-4)30(41-6)26(14-20)40-5/h7-14,22H,15-16H2,1-6H3,(H,32,33,37). The lowest BCUT2D eigenvalue weighted by atomic mass is 9.97. The minimum atomic E-state index is -0.417. The van der Waals surface area contributed by atoms with Crippen LogP contribution in [-0.2, 0) is 9.59 Å². The number of aryl methyl sites for hydroxylation is 1. The molecule has 0 aliphatic carbocycles. The third-order valence-corrected chi connectivity index (χ3v) is 7.97. The second-order valence-corrected chi connectivity index (χ2v) is 10.8. The van der Waals surface area contributed by atoms with Gasteiger partial charge in [-0.15, -0.1) is 0 Å². The smallest absolute Gasteiger partial charge is 0.264 e. The molecule has 1 aromatic heterocycles. The number of hydrogen-bond donors (Lipinski definition) is 1. The Bertz CT molecular complexity index is 1690. The Morgan fingerprint density at radius 3 is 2.30 bits per heavy atom. The van der Waals surface area contributed by atoms with Gasteiger partial charge in [0, 0.05) is 18.9 Å². The van der Waals surface area contributed by atoms with Gasteiger partial charge in [0.05, 0.1) is 50.4 Å². The molecule has 1 aliphatic heterocycles. The first-order valence-electron chi connectivity index (χ1n) is 13.4. The molecule has 3 aromatic carbocycles. The molecule has 2 heterocycles. The van der Waals surface area contributed by atoms with Gasteiger partial charge in [-0.3, -0.25) is 14.9 Å². The lowest BCUT2D eigenvalue weighted by Gasteiger charge is -2.21. The van der Waals surface area contributed by atoms with E-state index in [0.29, 0.717) is 46.0 Å². The molecule has 0 spiro atoms. The number of nitrogens with zero attached hydrogens (tertiary/aromatic N) is 3. The zero-order valence-corrected chi connectivity index (χ0v) is 25.5. The Kier molecular flexibility index (Phi) is 8.67. The van der Waals surface area contributed by atoms with E-state index in [9.17, 15) is 9.59 Å². The van der Waals surface area contributed by atoms with Gasteiger partial charge < -0.3 is 23.7 Å². The molecule has 0 radical (unpaired) electrons. The van der Waals surface area contributed by atoms with Crippen LogP contribution in [0.3, 0.4) is 0 Å². The van der Waals surface area contributed by atoms with Crippen LogP contribution in [0.4, 0.5) is 5.13 Å². The average molecular weight is 605 g/mol. The molecule has 0 saturated heterocycles. The summed E-state index contributed by atoms with van der Waals surface area (Å²) >= 11 is 1.40. The Labute approximate surface area is 253 Å². The minimum Gasteiger partial charge on any atom is -0.493 e. The van der Waals surface area contributed by atoms with Crippen LogP contribution in [0.5, 0.6) is 28.7 Å². The molecular formula is C31H32N4O7S. The number of anilines is 1. The number of thiazole rings is 1. The second kappa shape index (κ2) is 12.6. The van der Waals surface area contributed by atoms with Crippen LogP contribution in [-0.4, -0.2) is 62.6 Å². The molecule has 0 saturated carbocycles. The normalized spacial score (nSPS) is 14.3. The van der Waals surface area contributed by atoms with Crippen molar-refractivity contribution in [3.05, 3.63) is 65.2 Å². The Hall–Kier alpha value is -4.84. The molecule has 1 N–H and O–H groups in total. The first kappa shape index (κ1) is 29.6. The van der Waals surface area contributed by atoms with E-state index < -0.39 is 6.04 Å². The molecule has 11 nitrogen and oxygen atoms in total. The van der Waals surface area contributed by atoms with Gasteiger partial charge in [0.25, 0.3) is 5.91 Å². The molecular weight excluding hydrogens is 572 g/mol. The van der Waals surface area contributed by atoms with Crippen molar-refractivity contribution in [1.29, 1.82) is 0 Å². The summed E-state index contributed by atoms with van der Waals surface area (Å²) in [6.07, 6.45) is 0.418. The van der Waals surface area contributed by atoms with Crippen molar-refractivity contribution in [2.24, 2.45) is 5.10 Å². The predicted octanol–water partition coefficient (Wildman–Crippen LogP) is 5.35. The third-order valence-electron chi connectivity index (χ3n) is 7.03. The van der Waals surface area contributed by atoms with Gasteiger partial charge in [-0.2, -0.15) is 5.10 Å². The molecule has 12 heteroatoms. The molecule has 5 rings (SSSR count). The Morgan fingerprint density at radius 2 is 1.67 bits per heavy atom. The number of para-hydroxylation sites is 1. The van der Waals surface area contributed by atoms with Gasteiger partial charge in [-0.1, -0.05) is 29.5 Å². The summed E-state index contributed by atoms with van der Waals surface area (Å²) in [5.41, 5.74) is 4.06. The first-order valence-corrected chi connectivity index (χ1v) is 14.2. The number of nitrogens with one attached hydrogen (secondary N) is 1. The van der Waals surface area contributed by atoms with E-state index in [0.717, 1.165) is 26.9 Å². The fourth-order valence-electron chi connectivity index (χ4n) is 4.93. The topological polar surface area (TPSA) is 121 Å². The van der Waals surface area contributed by atoms with E-state index in [-0.39, 0.29) is 18.4 Å². The number of fused-ring (bicyclic) bond motifs is 1. The number of methoxy groups -OCH3 is 4. The monoisotopic (exact) mass is 604 g/mol. The number of hydrogen-bond acceptors (Lipinski definition) is 10. The van der Waals surface area contributed by atoms with Gasteiger partial charge in [0.2, 0.25) is 11.7 Å². The lowest BCUT2D eigenvalue weighted by molar-refractivity contribution is -0.130. The van der Waals surface area contributed by atoms with Crippen LogP contribution in [0, 0.1) is 6.92 Å². The van der Waals surface area contributed by atoms with Crippen LogP contribution < -0.4 is 29.0 Å². The van der Waals surface area contributed by atoms with E-state index in [2.05, 4.69) is 15.4 Å². The summed E-state index contributed by atoms with van der Waals surface area (Å²) in [6.45, 7) is 3.18. The molecule has 43 heavy (non-hydrogen) atoms. The summed E-state index contributed by atoms with van der Waals surface area (Å²) in [5.74, 6) is 1.66. The molecule has 4 aromatic rings. The number of aromatic nitrogens is 1. The number of benzene rings is 3. The van der Waals surface area contributed by atoms with Crippen molar-refractivity contribution in [3.8, 4) is 28.7 Å². The van der Waals surface area contributed by atoms with E-state index in [4.69, 9.17) is 23.7 Å². The highest BCUT2D eigenvalue weighted by Crippen LogP contribution is 2.42. The molecule has 1 atom stereocenters. The summed E-state index contributed by atoms with van der Waals surface area (Å²) in [6, 6.07) is 14.4. The molecule has 1 aliphatic rings. The van der Waals surface area contributed by atoms with Crippen LogP contribution in [0.1, 0.15) is 36.1 Å². The highest BCUT2D eigenvalue weighted by atomic mass is 32.1. The van der Waals surface area contributed by atoms with Crippen molar-refractivity contribution in [2.45, 2.75) is 26.3 Å². The second-order valence-electron chi connectivity index (χ2n) is 9.73. The molecule has 0 bridgehead atoms. The first-order chi connectivity index (χ1) is 20.8. The van der Waals surface area contributed by atoms with Gasteiger partial charge in [0.1, 0.15) is 0 Å². The van der Waals surface area contributed by atoms with Gasteiger partial charge in [0.15, 0.2) is 34.7 Å². The largest absolute Gasteiger partial charge is 0.493 e. The summed E-state index contributed by atoms with van der Waals surface area (Å²) in [7, 11) is 6.15. The van der Waals surface area contributed by atoms with Gasteiger partial charge >= 0.3 is 0 Å². The van der Waals surface area contributed by atoms with E-state index in [1.807, 2.05) is 31.2 Å². The highest BCUT2D eigenvalue weighted by Gasteiger charge is 2.33. The van der Waals surface area contributed by atoms with Crippen LogP contribution in [0.2, 0.25) is 0 Å². The fourth-order valence-corrected chi connectivity index (χ4v) is 5.89. The predicted molar refractivity (Wildman–Crippen MR) is 164 cm³/mol. The number of ether oxygens (including phenoxy) is 5. The molecule has 224 valence electrons. The quantitative estimate of drug-likeness (QED) is 0.257. The zero-order valence-electron chi connectivity index (χ0n) is 24.7. The Balaban J connectivity index is 1.35. The summed E-state index contributed by atoms with van der Waals surface area (Å²) in [5, 5.41) is 9.39. The maximum atomic E-state index is 12.8. The molecule has 1 unspecified atom stereocenters. The highest BCUT2D eigenvalue weighted by molar-refractivity contribution is 7.22. The van der Waals surface area contributed by atoms with Crippen molar-refractivity contribution in [1.82, 2.24) is 9.99 Å². The van der Waals surface area contributed by atoms with Crippen LogP contribution in [0.15, 0.2) is 53.6 Å². The Morgan fingerprint density at radius 1 is 0.953 bits per heavy atom. The third kappa shape index (κ3) is 6.05. The lowest BCUT2D eigenvalue weighted by Crippen LogP contribution is -2.24. The molecule has 0 fully saturated rings. The van der Waals surface area contributed by atoms with E-state index >= 15 is 0 Å². The molecule has 2 amide bonds. The SMILES string of the molecule is COc1ccc(C2CC(c3cc(OC)c(OC)c(OC)c3)=NN2C(C)=O)cc1OCC(=O)Nc1nc2c(C)cccc2s1. The van der Waals surface area contributed by atoms with Gasteiger partial charge in [-0.05, 0) is 48.4 Å². The maximum absolute atomic E-state index is 12.8. The van der Waals surface area contributed by atoms with Crippen molar-refractivity contribution in [2.75, 3.05) is 40.4 Å². The average Bonchev–Trinajstić information content (AvgIpc) is 3.64. The van der Waals surface area contributed by atoms with Crippen molar-refractivity contribution in [3.63, 3.8) is 0 Å². The van der Waals surface area contributed by atoms with Crippen molar-refractivity contribution < 1.29 is 33.3 Å². The number of rotatable bonds is 10. The van der Waals surface area contributed by atoms with Gasteiger partial charge in [-0.25, -0.2) is 9.99 Å². The van der Waals surface area contributed by atoms with Crippen molar-refractivity contribution >= 4 is 44.2 Å². The maximum Gasteiger partial charge on any atom is 0.264 e. The summed E-state index contributed by atoms with van der Waals surface area (Å²) < 4.78 is 28.8. The number of hydrazone groups is 1. The minimum absolute atomic E-state index is 0.226. The van der Waals surface area contributed by atoms with E-state index in [1.54, 1.807) is 38.5 Å². The number of amides is 2. The zero-order chi connectivity index (χ0) is 30.7. The fraction of sp³-hybridized carbons (Fsp3) is 0.290. The summed E-state index contributed by atoms with van der Waals surface area (Å²) in [4.78, 5) is 30.0. The number of carbonyl (C=O) groups excluding carboxylic acids is 2. The van der Waals surface area contributed by atoms with Crippen LogP contribution in [0.25, 0.3) is 10.2 Å². The van der Waals surface area contributed by atoms with Crippen LogP contribution >= 0.6 is 11.3 Å².